The molecule has 0 spiro atoms. The van der Waals surface area contributed by atoms with Gasteiger partial charge >= 0.3 is 5.97 Å². The second-order valence-corrected chi connectivity index (χ2v) is 7.05. The Balaban J connectivity index is 2.12. The van der Waals surface area contributed by atoms with Gasteiger partial charge in [-0.1, -0.05) is 11.6 Å². The highest BCUT2D eigenvalue weighted by atomic mass is 35.5. The fourth-order valence-electron chi connectivity index (χ4n) is 2.89. The Bertz CT molecular complexity index is 770. The molecular weight excluding hydrogens is 302 g/mol. The Morgan fingerprint density at radius 3 is 2.68 bits per heavy atom. The highest BCUT2D eigenvalue weighted by Crippen LogP contribution is 2.33. The Hall–Kier alpha value is -1.81. The van der Waals surface area contributed by atoms with Crippen molar-refractivity contribution in [2.24, 2.45) is 0 Å². The van der Waals surface area contributed by atoms with Crippen LogP contribution in [-0.2, 0) is 20.7 Å². The summed E-state index contributed by atoms with van der Waals surface area (Å²) in [4.78, 5) is 24.9. The summed E-state index contributed by atoms with van der Waals surface area (Å²) in [7, 11) is 0. The number of aromatic nitrogens is 1. The van der Waals surface area contributed by atoms with Crippen molar-refractivity contribution in [3.8, 4) is 0 Å². The fraction of sp³-hybridized carbons (Fsp3) is 0.412. The minimum Gasteiger partial charge on any atom is -0.458 e. The summed E-state index contributed by atoms with van der Waals surface area (Å²) >= 11 is 6.03. The van der Waals surface area contributed by atoms with Crippen LogP contribution in [0.1, 0.15) is 38.9 Å². The quantitative estimate of drug-likeness (QED) is 0.595. The summed E-state index contributed by atoms with van der Waals surface area (Å²) in [5, 5.41) is 1.57. The zero-order valence-corrected chi connectivity index (χ0v) is 13.6. The molecule has 0 aliphatic carbocycles. The molecule has 0 bridgehead atoms. The summed E-state index contributed by atoms with van der Waals surface area (Å²) in [6.07, 6.45) is 0.985. The summed E-state index contributed by atoms with van der Waals surface area (Å²) < 4.78 is 7.24. The van der Waals surface area contributed by atoms with Gasteiger partial charge in [0.15, 0.2) is 11.8 Å². The van der Waals surface area contributed by atoms with Crippen LogP contribution in [0, 0.1) is 0 Å². The molecule has 1 aromatic heterocycles. The molecule has 0 fully saturated rings. The van der Waals surface area contributed by atoms with Gasteiger partial charge in [0.05, 0.1) is 0 Å². The predicted molar refractivity (Wildman–Crippen MR) is 85.2 cm³/mol. The summed E-state index contributed by atoms with van der Waals surface area (Å²) in [5.74, 6) is -0.597. The molecule has 1 aliphatic heterocycles. The average Bonchev–Trinajstić information content (AvgIpc) is 2.73. The van der Waals surface area contributed by atoms with Crippen LogP contribution in [0.2, 0.25) is 5.02 Å². The van der Waals surface area contributed by atoms with Crippen molar-refractivity contribution in [3.05, 3.63) is 35.0 Å². The zero-order valence-electron chi connectivity index (χ0n) is 12.9. The number of halogens is 1. The van der Waals surface area contributed by atoms with Gasteiger partial charge in [-0.25, -0.2) is 4.79 Å². The second-order valence-electron chi connectivity index (χ2n) is 6.61. The molecule has 0 saturated carbocycles. The smallest absolute Gasteiger partial charge is 0.337 e. The number of ether oxygens (including phenoxy) is 1. The number of benzene rings is 1. The maximum Gasteiger partial charge on any atom is 0.337 e. The molecule has 0 N–H and O–H groups in total. The molecule has 3 rings (SSSR count). The first-order valence-corrected chi connectivity index (χ1v) is 7.69. The van der Waals surface area contributed by atoms with Gasteiger partial charge in [0.25, 0.3) is 0 Å². The van der Waals surface area contributed by atoms with Crippen molar-refractivity contribution in [3.63, 3.8) is 0 Å². The van der Waals surface area contributed by atoms with Gasteiger partial charge in [-0.2, -0.15) is 0 Å². The molecule has 116 valence electrons. The van der Waals surface area contributed by atoms with Crippen molar-refractivity contribution in [1.29, 1.82) is 0 Å². The van der Waals surface area contributed by atoms with Gasteiger partial charge < -0.3 is 9.30 Å². The lowest BCUT2D eigenvalue weighted by molar-refractivity contribution is -0.161. The lowest BCUT2D eigenvalue weighted by atomic mass is 10.0. The average molecular weight is 320 g/mol. The van der Waals surface area contributed by atoms with Gasteiger partial charge in [-0.15, -0.1) is 0 Å². The van der Waals surface area contributed by atoms with Crippen LogP contribution in [0.5, 0.6) is 0 Å². The molecule has 2 heterocycles. The maximum atomic E-state index is 12.5. The summed E-state index contributed by atoms with van der Waals surface area (Å²) in [5.41, 5.74) is 1.18. The van der Waals surface area contributed by atoms with E-state index in [4.69, 9.17) is 16.3 Å². The van der Waals surface area contributed by atoms with Crippen LogP contribution in [0.15, 0.2) is 24.3 Å². The molecule has 2 aromatic rings. The van der Waals surface area contributed by atoms with Gasteiger partial charge in [0.2, 0.25) is 0 Å². The van der Waals surface area contributed by atoms with Crippen LogP contribution in [-0.4, -0.2) is 21.9 Å². The van der Waals surface area contributed by atoms with Crippen LogP contribution < -0.4 is 0 Å². The third-order valence-corrected chi connectivity index (χ3v) is 3.94. The van der Waals surface area contributed by atoms with E-state index in [2.05, 4.69) is 0 Å². The van der Waals surface area contributed by atoms with Crippen LogP contribution in [0.4, 0.5) is 0 Å². The maximum absolute atomic E-state index is 12.5. The first-order chi connectivity index (χ1) is 10.3. The number of ketones is 1. The zero-order chi connectivity index (χ0) is 16.1. The number of carbonyl (C=O) groups is 2. The SMILES string of the molecule is CC(C)(C)OC(=O)[C@@H]1C(=O)CCc2cc3cc(Cl)ccc3n21. The van der Waals surface area contributed by atoms with Gasteiger partial charge in [-0.05, 0) is 51.5 Å². The fourth-order valence-corrected chi connectivity index (χ4v) is 3.07. The van der Waals surface area contributed by atoms with E-state index < -0.39 is 17.6 Å². The Morgan fingerprint density at radius 2 is 2.00 bits per heavy atom. The predicted octanol–water partition coefficient (Wildman–Crippen LogP) is 3.69. The monoisotopic (exact) mass is 319 g/mol. The number of rotatable bonds is 1. The number of carbonyl (C=O) groups excluding carboxylic acids is 2. The van der Waals surface area contributed by atoms with E-state index in [1.54, 1.807) is 31.4 Å². The molecule has 0 amide bonds. The highest BCUT2D eigenvalue weighted by molar-refractivity contribution is 6.31. The van der Waals surface area contributed by atoms with E-state index >= 15 is 0 Å². The molecule has 0 radical (unpaired) electrons. The van der Waals surface area contributed by atoms with Gasteiger partial charge in [0.1, 0.15) is 5.60 Å². The van der Waals surface area contributed by atoms with Crippen molar-refractivity contribution >= 4 is 34.3 Å². The molecule has 1 aromatic carbocycles. The number of fused-ring (bicyclic) bond motifs is 3. The first-order valence-electron chi connectivity index (χ1n) is 7.31. The minimum atomic E-state index is -0.901. The van der Waals surface area contributed by atoms with Crippen molar-refractivity contribution in [2.45, 2.75) is 45.3 Å². The largest absolute Gasteiger partial charge is 0.458 e. The number of esters is 1. The van der Waals surface area contributed by atoms with Crippen molar-refractivity contribution in [2.75, 3.05) is 0 Å². The van der Waals surface area contributed by atoms with Gasteiger partial charge in [0, 0.05) is 28.0 Å². The molecule has 22 heavy (non-hydrogen) atoms. The lowest BCUT2D eigenvalue weighted by Crippen LogP contribution is -2.37. The Labute approximate surface area is 134 Å². The Morgan fingerprint density at radius 1 is 1.27 bits per heavy atom. The molecule has 4 nitrogen and oxygen atoms in total. The molecule has 0 unspecified atom stereocenters. The van der Waals surface area contributed by atoms with Crippen molar-refractivity contribution < 1.29 is 14.3 Å². The molecular formula is C17H18ClNO3. The molecule has 1 atom stereocenters. The number of hydrogen-bond acceptors (Lipinski definition) is 3. The van der Waals surface area contributed by atoms with E-state index in [9.17, 15) is 9.59 Å². The first kappa shape index (κ1) is 15.1. The molecule has 1 aliphatic rings. The second kappa shape index (κ2) is 5.13. The number of Topliss-reactive ketones (excluding diaryl/α,β-unsaturated/α-hetero) is 1. The standard InChI is InChI=1S/C17H18ClNO3/c1-17(2,3)22-16(21)15-14(20)7-5-12-9-10-8-11(18)4-6-13(10)19(12)15/h4,6,8-9,15H,5,7H2,1-3H3/t15-/m0/s1. The summed E-state index contributed by atoms with van der Waals surface area (Å²) in [6.45, 7) is 5.39. The van der Waals surface area contributed by atoms with E-state index in [0.717, 1.165) is 16.6 Å². The Kier molecular flexibility index (Phi) is 3.52. The number of hydrogen-bond donors (Lipinski definition) is 0. The normalized spacial score (nSPS) is 18.4. The molecule has 5 heteroatoms. The molecule has 0 saturated heterocycles. The highest BCUT2D eigenvalue weighted by Gasteiger charge is 2.37. The topological polar surface area (TPSA) is 48.3 Å². The van der Waals surface area contributed by atoms with E-state index in [-0.39, 0.29) is 5.78 Å². The van der Waals surface area contributed by atoms with Crippen LogP contribution in [0.25, 0.3) is 10.9 Å². The van der Waals surface area contributed by atoms with Crippen molar-refractivity contribution in [1.82, 2.24) is 4.57 Å². The van der Waals surface area contributed by atoms with Crippen LogP contribution in [0.3, 0.4) is 0 Å². The number of nitrogens with zero attached hydrogens (tertiary/aromatic N) is 1. The third kappa shape index (κ3) is 2.63. The van der Waals surface area contributed by atoms with E-state index in [1.165, 1.54) is 0 Å². The van der Waals surface area contributed by atoms with Crippen LogP contribution >= 0.6 is 11.6 Å². The van der Waals surface area contributed by atoms with Gasteiger partial charge in [-0.3, -0.25) is 4.79 Å². The number of aryl methyl sites for hydroxylation is 1. The minimum absolute atomic E-state index is 0.103. The van der Waals surface area contributed by atoms with E-state index in [1.807, 2.05) is 18.2 Å². The van der Waals surface area contributed by atoms with E-state index in [0.29, 0.717) is 17.9 Å². The summed E-state index contributed by atoms with van der Waals surface area (Å²) in [6, 6.07) is 6.55. The lowest BCUT2D eigenvalue weighted by Gasteiger charge is -2.28. The third-order valence-electron chi connectivity index (χ3n) is 3.70.